The fourth-order valence-electron chi connectivity index (χ4n) is 4.53. The van der Waals surface area contributed by atoms with Gasteiger partial charge in [-0.05, 0) is 66.6 Å². The Kier molecular flexibility index (Phi) is 6.18. The zero-order valence-corrected chi connectivity index (χ0v) is 18.9. The highest BCUT2D eigenvalue weighted by Gasteiger charge is 2.17. The van der Waals surface area contributed by atoms with Crippen molar-refractivity contribution < 1.29 is 0 Å². The van der Waals surface area contributed by atoms with Crippen molar-refractivity contribution in [3.8, 4) is 0 Å². The molecule has 4 aromatic rings. The maximum absolute atomic E-state index is 2.46. The Morgan fingerprint density at radius 2 is 1.06 bits per heavy atom. The molecule has 0 radical (unpaired) electrons. The van der Waals surface area contributed by atoms with Crippen molar-refractivity contribution in [3.05, 3.63) is 148 Å². The highest BCUT2D eigenvalue weighted by molar-refractivity contribution is 5.84. The van der Waals surface area contributed by atoms with Gasteiger partial charge in [-0.25, -0.2) is 0 Å². The SMILES string of the molecule is Cc1ccc(/C(=C/C(c2ccccc2)c2ccccc2)c2c(C)cc(C)cc2C)cc1. The molecule has 0 bridgehead atoms. The third kappa shape index (κ3) is 4.70. The summed E-state index contributed by atoms with van der Waals surface area (Å²) in [6.07, 6.45) is 2.46. The van der Waals surface area contributed by atoms with E-state index in [1.165, 1.54) is 50.1 Å². The number of aryl methyl sites for hydroxylation is 4. The van der Waals surface area contributed by atoms with Gasteiger partial charge in [0.05, 0.1) is 0 Å². The summed E-state index contributed by atoms with van der Waals surface area (Å²) in [6, 6.07) is 35.2. The summed E-state index contributed by atoms with van der Waals surface area (Å²) in [6.45, 7) is 8.79. The van der Waals surface area contributed by atoms with Crippen LogP contribution in [0.3, 0.4) is 0 Å². The van der Waals surface area contributed by atoms with Gasteiger partial charge < -0.3 is 0 Å². The average molecular weight is 403 g/mol. The summed E-state index contributed by atoms with van der Waals surface area (Å²) in [7, 11) is 0. The van der Waals surface area contributed by atoms with E-state index in [0.717, 1.165) is 0 Å². The van der Waals surface area contributed by atoms with Crippen LogP contribution in [0.5, 0.6) is 0 Å². The summed E-state index contributed by atoms with van der Waals surface area (Å²) >= 11 is 0. The molecule has 0 amide bonds. The Bertz CT molecular complexity index is 1120. The van der Waals surface area contributed by atoms with E-state index in [1.807, 2.05) is 0 Å². The molecule has 154 valence electrons. The van der Waals surface area contributed by atoms with E-state index >= 15 is 0 Å². The van der Waals surface area contributed by atoms with Gasteiger partial charge in [0, 0.05) is 5.92 Å². The molecule has 0 heterocycles. The number of benzene rings is 4. The Morgan fingerprint density at radius 3 is 1.55 bits per heavy atom. The molecule has 0 spiro atoms. The molecule has 0 unspecified atom stereocenters. The topological polar surface area (TPSA) is 0 Å². The summed E-state index contributed by atoms with van der Waals surface area (Å²) in [5, 5.41) is 0. The van der Waals surface area contributed by atoms with Crippen molar-refractivity contribution in [2.24, 2.45) is 0 Å². The summed E-state index contributed by atoms with van der Waals surface area (Å²) in [5.41, 5.74) is 11.7. The van der Waals surface area contributed by atoms with Crippen molar-refractivity contribution >= 4 is 5.57 Å². The summed E-state index contributed by atoms with van der Waals surface area (Å²) in [5.74, 6) is 0.179. The minimum Gasteiger partial charge on any atom is -0.0641 e. The van der Waals surface area contributed by atoms with Gasteiger partial charge in [-0.2, -0.15) is 0 Å². The molecule has 4 rings (SSSR count). The van der Waals surface area contributed by atoms with E-state index in [-0.39, 0.29) is 5.92 Å². The van der Waals surface area contributed by atoms with Gasteiger partial charge >= 0.3 is 0 Å². The van der Waals surface area contributed by atoms with Crippen molar-refractivity contribution in [3.63, 3.8) is 0 Å². The normalized spacial score (nSPS) is 11.7. The second-order valence-electron chi connectivity index (χ2n) is 8.52. The zero-order chi connectivity index (χ0) is 21.8. The molecular weight excluding hydrogens is 372 g/mol. The molecule has 0 nitrogen and oxygen atoms in total. The number of hydrogen-bond acceptors (Lipinski definition) is 0. The standard InChI is InChI=1S/C31H30/c1-22-15-17-28(18-16-22)30(31-24(3)19-23(2)20-25(31)4)21-29(26-11-7-5-8-12-26)27-13-9-6-10-14-27/h5-21,29H,1-4H3/b30-21-. The van der Waals surface area contributed by atoms with Crippen molar-refractivity contribution in [2.75, 3.05) is 0 Å². The first kappa shape index (κ1) is 20.9. The van der Waals surface area contributed by atoms with Gasteiger partial charge in [0.15, 0.2) is 0 Å². The Labute approximate surface area is 186 Å². The summed E-state index contributed by atoms with van der Waals surface area (Å²) in [4.78, 5) is 0. The molecule has 0 aromatic heterocycles. The predicted molar refractivity (Wildman–Crippen MR) is 134 cm³/mol. The molecule has 31 heavy (non-hydrogen) atoms. The molecule has 0 aliphatic heterocycles. The molecule has 0 aliphatic carbocycles. The first-order valence-corrected chi connectivity index (χ1v) is 11.0. The van der Waals surface area contributed by atoms with Gasteiger partial charge in [0.1, 0.15) is 0 Å². The number of hydrogen-bond donors (Lipinski definition) is 0. The lowest BCUT2D eigenvalue weighted by Crippen LogP contribution is -2.03. The van der Waals surface area contributed by atoms with Gasteiger partial charge in [-0.3, -0.25) is 0 Å². The lowest BCUT2D eigenvalue weighted by atomic mass is 9.83. The van der Waals surface area contributed by atoms with Crippen molar-refractivity contribution in [2.45, 2.75) is 33.6 Å². The van der Waals surface area contributed by atoms with Gasteiger partial charge in [0.25, 0.3) is 0 Å². The van der Waals surface area contributed by atoms with Crippen LogP contribution in [-0.4, -0.2) is 0 Å². The van der Waals surface area contributed by atoms with Crippen molar-refractivity contribution in [1.29, 1.82) is 0 Å². The minimum atomic E-state index is 0.179. The van der Waals surface area contributed by atoms with Crippen LogP contribution in [0.25, 0.3) is 5.57 Å². The van der Waals surface area contributed by atoms with Gasteiger partial charge in [0.2, 0.25) is 0 Å². The van der Waals surface area contributed by atoms with Crippen LogP contribution in [0, 0.1) is 27.7 Å². The van der Waals surface area contributed by atoms with Crippen LogP contribution in [-0.2, 0) is 0 Å². The maximum atomic E-state index is 2.46. The zero-order valence-electron chi connectivity index (χ0n) is 18.9. The minimum absolute atomic E-state index is 0.179. The average Bonchev–Trinajstić information content (AvgIpc) is 2.77. The molecule has 0 atom stereocenters. The first-order chi connectivity index (χ1) is 15.0. The summed E-state index contributed by atoms with van der Waals surface area (Å²) < 4.78 is 0. The Morgan fingerprint density at radius 1 is 0.581 bits per heavy atom. The molecule has 0 fully saturated rings. The quantitative estimate of drug-likeness (QED) is 0.316. The van der Waals surface area contributed by atoms with E-state index in [9.17, 15) is 0 Å². The first-order valence-electron chi connectivity index (χ1n) is 11.0. The molecule has 0 heteroatoms. The molecule has 0 saturated heterocycles. The van der Waals surface area contributed by atoms with Gasteiger partial charge in [-0.15, -0.1) is 0 Å². The molecule has 0 N–H and O–H groups in total. The second-order valence-corrected chi connectivity index (χ2v) is 8.52. The number of allylic oxidation sites excluding steroid dienone is 1. The van der Waals surface area contributed by atoms with Crippen LogP contribution < -0.4 is 0 Å². The monoisotopic (exact) mass is 402 g/mol. The van der Waals surface area contributed by atoms with E-state index in [4.69, 9.17) is 0 Å². The predicted octanol–water partition coefficient (Wildman–Crippen LogP) is 8.18. The fourth-order valence-corrected chi connectivity index (χ4v) is 4.53. The molecule has 0 saturated carbocycles. The second kappa shape index (κ2) is 9.18. The van der Waals surface area contributed by atoms with Crippen LogP contribution in [0.15, 0.2) is 103 Å². The maximum Gasteiger partial charge on any atom is 0.0278 e. The largest absolute Gasteiger partial charge is 0.0641 e. The van der Waals surface area contributed by atoms with Crippen molar-refractivity contribution in [1.82, 2.24) is 0 Å². The molecule has 4 aromatic carbocycles. The number of rotatable bonds is 5. The van der Waals surface area contributed by atoms with E-state index in [2.05, 4.69) is 131 Å². The Hall–Kier alpha value is -3.38. The Balaban J connectivity index is 1.98. The van der Waals surface area contributed by atoms with E-state index in [1.54, 1.807) is 0 Å². The van der Waals surface area contributed by atoms with E-state index < -0.39 is 0 Å². The third-order valence-electron chi connectivity index (χ3n) is 5.96. The lowest BCUT2D eigenvalue weighted by molar-refractivity contribution is 1.03. The molecule has 0 aliphatic rings. The highest BCUT2D eigenvalue weighted by atomic mass is 14.2. The van der Waals surface area contributed by atoms with E-state index in [0.29, 0.717) is 0 Å². The fraction of sp³-hybridized carbons (Fsp3) is 0.161. The smallest absolute Gasteiger partial charge is 0.0278 e. The van der Waals surface area contributed by atoms with Crippen LogP contribution in [0.4, 0.5) is 0 Å². The third-order valence-corrected chi connectivity index (χ3v) is 5.96. The van der Waals surface area contributed by atoms with Crippen LogP contribution in [0.1, 0.15) is 50.4 Å². The van der Waals surface area contributed by atoms with Gasteiger partial charge in [-0.1, -0.05) is 114 Å². The molecular formula is C31H30. The van der Waals surface area contributed by atoms with Crippen LogP contribution in [0.2, 0.25) is 0 Å². The lowest BCUT2D eigenvalue weighted by Gasteiger charge is -2.21. The van der Waals surface area contributed by atoms with Crippen LogP contribution >= 0.6 is 0 Å². The highest BCUT2D eigenvalue weighted by Crippen LogP contribution is 2.35.